The smallest absolute Gasteiger partial charge is 0.317 e. The molecular weight excluding hydrogens is 278 g/mol. The second kappa shape index (κ2) is 8.79. The zero-order valence-electron chi connectivity index (χ0n) is 14.3. The van der Waals surface area contributed by atoms with Gasteiger partial charge < -0.3 is 9.84 Å². The molecule has 0 saturated heterocycles. The van der Waals surface area contributed by atoms with E-state index in [4.69, 9.17) is 9.84 Å². The first-order chi connectivity index (χ1) is 10.3. The number of rotatable bonds is 9. The van der Waals surface area contributed by atoms with Crippen LogP contribution in [0, 0.1) is 0 Å². The van der Waals surface area contributed by atoms with Gasteiger partial charge in [-0.1, -0.05) is 39.8 Å². The van der Waals surface area contributed by atoms with E-state index >= 15 is 0 Å². The Hall–Kier alpha value is -1.55. The van der Waals surface area contributed by atoms with Crippen LogP contribution in [0.3, 0.4) is 0 Å². The number of hydrogen-bond donors (Lipinski definition) is 1. The third-order valence-electron chi connectivity index (χ3n) is 3.51. The lowest BCUT2D eigenvalue weighted by molar-refractivity contribution is -0.138. The molecule has 1 N–H and O–H groups in total. The Morgan fingerprint density at radius 1 is 1.18 bits per heavy atom. The Labute approximate surface area is 134 Å². The maximum Gasteiger partial charge on any atom is 0.317 e. The number of carboxylic acid groups (broad SMARTS) is 1. The Morgan fingerprint density at radius 2 is 1.82 bits per heavy atom. The fourth-order valence-electron chi connectivity index (χ4n) is 2.31. The summed E-state index contributed by atoms with van der Waals surface area (Å²) < 4.78 is 5.73. The van der Waals surface area contributed by atoms with Crippen molar-refractivity contribution in [2.24, 2.45) is 0 Å². The summed E-state index contributed by atoms with van der Waals surface area (Å²) in [7, 11) is 0. The van der Waals surface area contributed by atoms with Crippen molar-refractivity contribution in [3.8, 4) is 5.75 Å². The third-order valence-corrected chi connectivity index (χ3v) is 3.51. The second-order valence-corrected chi connectivity index (χ2v) is 6.65. The minimum absolute atomic E-state index is 0.105. The van der Waals surface area contributed by atoms with E-state index in [1.54, 1.807) is 0 Å². The molecule has 0 aliphatic rings. The first-order valence-corrected chi connectivity index (χ1v) is 8.00. The van der Waals surface area contributed by atoms with Crippen molar-refractivity contribution in [1.29, 1.82) is 0 Å². The number of aliphatic carboxylic acids is 1. The lowest BCUT2D eigenvalue weighted by Gasteiger charge is -2.20. The summed E-state index contributed by atoms with van der Waals surface area (Å²) in [5.74, 6) is 0.0976. The van der Waals surface area contributed by atoms with Crippen molar-refractivity contribution in [2.45, 2.75) is 46.0 Å². The summed E-state index contributed by atoms with van der Waals surface area (Å²) in [6, 6.07) is 8.20. The lowest BCUT2D eigenvalue weighted by Crippen LogP contribution is -2.32. The highest BCUT2D eigenvalue weighted by molar-refractivity contribution is 5.69. The van der Waals surface area contributed by atoms with Crippen LogP contribution in [0.1, 0.15) is 46.1 Å². The molecule has 0 saturated carbocycles. The fraction of sp³-hybridized carbons (Fsp3) is 0.611. The summed E-state index contributed by atoms with van der Waals surface area (Å²) in [5, 5.41) is 8.86. The molecule has 4 heteroatoms. The van der Waals surface area contributed by atoms with Gasteiger partial charge in [0, 0.05) is 6.54 Å². The van der Waals surface area contributed by atoms with Gasteiger partial charge in [-0.2, -0.15) is 0 Å². The monoisotopic (exact) mass is 307 g/mol. The Kier molecular flexibility index (Phi) is 7.39. The van der Waals surface area contributed by atoms with E-state index in [9.17, 15) is 4.79 Å². The van der Waals surface area contributed by atoms with Crippen LogP contribution in [0.15, 0.2) is 24.3 Å². The summed E-state index contributed by atoms with van der Waals surface area (Å²) in [5.41, 5.74) is 1.44. The molecule has 0 aliphatic heterocycles. The van der Waals surface area contributed by atoms with Gasteiger partial charge in [0.05, 0.1) is 13.2 Å². The lowest BCUT2D eigenvalue weighted by atomic mass is 9.87. The number of carbonyl (C=O) groups is 1. The topological polar surface area (TPSA) is 49.8 Å². The Morgan fingerprint density at radius 3 is 2.32 bits per heavy atom. The maximum absolute atomic E-state index is 10.8. The van der Waals surface area contributed by atoms with Crippen LogP contribution >= 0.6 is 0 Å². The average molecular weight is 307 g/mol. The highest BCUT2D eigenvalue weighted by atomic mass is 16.5. The van der Waals surface area contributed by atoms with Crippen LogP contribution in [-0.4, -0.2) is 42.2 Å². The largest absolute Gasteiger partial charge is 0.494 e. The van der Waals surface area contributed by atoms with Gasteiger partial charge in [-0.05, 0) is 42.5 Å². The molecule has 0 bridgehead atoms. The number of hydrogen-bond acceptors (Lipinski definition) is 3. The van der Waals surface area contributed by atoms with Crippen LogP contribution in [-0.2, 0) is 10.2 Å². The predicted octanol–water partition coefficient (Wildman–Crippen LogP) is 3.55. The molecule has 0 aliphatic carbocycles. The van der Waals surface area contributed by atoms with E-state index in [1.165, 1.54) is 5.56 Å². The minimum atomic E-state index is -0.771. The maximum atomic E-state index is 10.8. The molecule has 0 spiro atoms. The van der Waals surface area contributed by atoms with Crippen molar-refractivity contribution in [1.82, 2.24) is 4.90 Å². The van der Waals surface area contributed by atoms with E-state index in [2.05, 4.69) is 39.8 Å². The van der Waals surface area contributed by atoms with Crippen LogP contribution in [0.25, 0.3) is 0 Å². The molecule has 124 valence electrons. The molecule has 0 unspecified atom stereocenters. The van der Waals surface area contributed by atoms with E-state index in [0.29, 0.717) is 6.61 Å². The van der Waals surface area contributed by atoms with Crippen molar-refractivity contribution in [3.05, 3.63) is 29.8 Å². The quantitative estimate of drug-likeness (QED) is 0.709. The van der Waals surface area contributed by atoms with Crippen molar-refractivity contribution < 1.29 is 14.6 Å². The van der Waals surface area contributed by atoms with E-state index in [0.717, 1.165) is 31.7 Å². The Balaban J connectivity index is 2.35. The van der Waals surface area contributed by atoms with Gasteiger partial charge in [-0.25, -0.2) is 0 Å². The average Bonchev–Trinajstić information content (AvgIpc) is 2.42. The first kappa shape index (κ1) is 18.5. The molecule has 0 heterocycles. The van der Waals surface area contributed by atoms with E-state index in [1.807, 2.05) is 17.0 Å². The van der Waals surface area contributed by atoms with Crippen molar-refractivity contribution >= 4 is 5.97 Å². The number of benzene rings is 1. The number of nitrogens with zero attached hydrogens (tertiary/aromatic N) is 1. The van der Waals surface area contributed by atoms with Gasteiger partial charge in [-0.15, -0.1) is 0 Å². The zero-order chi connectivity index (χ0) is 16.6. The van der Waals surface area contributed by atoms with Gasteiger partial charge in [-0.3, -0.25) is 9.69 Å². The standard InChI is InChI=1S/C18H29NO3/c1-5-11-19(14-17(20)21)12-6-13-22-16-9-7-15(8-10-16)18(2,3)4/h7-10H,5-6,11-14H2,1-4H3,(H,20,21). The van der Waals surface area contributed by atoms with Gasteiger partial charge in [0.25, 0.3) is 0 Å². The highest BCUT2D eigenvalue weighted by Crippen LogP contribution is 2.24. The third kappa shape index (κ3) is 6.94. The molecule has 1 aromatic carbocycles. The molecule has 0 amide bonds. The van der Waals surface area contributed by atoms with Crippen molar-refractivity contribution in [3.63, 3.8) is 0 Å². The summed E-state index contributed by atoms with van der Waals surface area (Å²) in [4.78, 5) is 12.7. The molecule has 1 rings (SSSR count). The molecule has 4 nitrogen and oxygen atoms in total. The number of carboxylic acids is 1. The summed E-state index contributed by atoms with van der Waals surface area (Å²) in [6.45, 7) is 10.9. The minimum Gasteiger partial charge on any atom is -0.494 e. The number of ether oxygens (including phenoxy) is 1. The van der Waals surface area contributed by atoms with E-state index in [-0.39, 0.29) is 12.0 Å². The molecule has 0 aromatic heterocycles. The van der Waals surface area contributed by atoms with Gasteiger partial charge in [0.15, 0.2) is 0 Å². The SMILES string of the molecule is CCCN(CCCOc1ccc(C(C)(C)C)cc1)CC(=O)O. The Bertz CT molecular complexity index is 448. The molecular formula is C18H29NO3. The van der Waals surface area contributed by atoms with Crippen LogP contribution in [0.4, 0.5) is 0 Å². The molecule has 0 fully saturated rings. The summed E-state index contributed by atoms with van der Waals surface area (Å²) in [6.07, 6.45) is 1.79. The van der Waals surface area contributed by atoms with Crippen molar-refractivity contribution in [2.75, 3.05) is 26.2 Å². The summed E-state index contributed by atoms with van der Waals surface area (Å²) >= 11 is 0. The molecule has 1 aromatic rings. The zero-order valence-corrected chi connectivity index (χ0v) is 14.3. The second-order valence-electron chi connectivity index (χ2n) is 6.65. The van der Waals surface area contributed by atoms with E-state index < -0.39 is 5.97 Å². The van der Waals surface area contributed by atoms with Gasteiger partial charge >= 0.3 is 5.97 Å². The first-order valence-electron chi connectivity index (χ1n) is 8.00. The van der Waals surface area contributed by atoms with Crippen LogP contribution in [0.2, 0.25) is 0 Å². The van der Waals surface area contributed by atoms with Crippen LogP contribution in [0.5, 0.6) is 5.75 Å². The molecule has 0 atom stereocenters. The molecule has 22 heavy (non-hydrogen) atoms. The van der Waals surface area contributed by atoms with Gasteiger partial charge in [0.1, 0.15) is 5.75 Å². The van der Waals surface area contributed by atoms with Gasteiger partial charge in [0.2, 0.25) is 0 Å². The highest BCUT2D eigenvalue weighted by Gasteiger charge is 2.13. The molecule has 0 radical (unpaired) electrons. The normalized spacial score (nSPS) is 11.7. The fourth-order valence-corrected chi connectivity index (χ4v) is 2.31. The predicted molar refractivity (Wildman–Crippen MR) is 89.6 cm³/mol. The van der Waals surface area contributed by atoms with Crippen LogP contribution < -0.4 is 4.74 Å².